The highest BCUT2D eigenvalue weighted by molar-refractivity contribution is 7.88. The van der Waals surface area contributed by atoms with Crippen LogP contribution in [0.3, 0.4) is 0 Å². The molecule has 2 N–H and O–H groups in total. The van der Waals surface area contributed by atoms with Gasteiger partial charge in [0.05, 0.1) is 35.7 Å². The van der Waals surface area contributed by atoms with Crippen LogP contribution in [-0.2, 0) is 10.0 Å². The molecule has 0 amide bonds. The van der Waals surface area contributed by atoms with Gasteiger partial charge in [0.1, 0.15) is 5.82 Å². The monoisotopic (exact) mass is 450 g/mol. The molecule has 2 saturated heterocycles. The molecule has 2 fully saturated rings. The van der Waals surface area contributed by atoms with Crippen molar-refractivity contribution in [3.63, 3.8) is 0 Å². The Bertz CT molecular complexity index is 1110. The molecule has 0 unspecified atom stereocenters. The van der Waals surface area contributed by atoms with Gasteiger partial charge in [-0.15, -0.1) is 0 Å². The second-order valence-corrected chi connectivity index (χ2v) is 9.97. The number of allylic oxidation sites excluding steroid dienone is 1. The molecule has 11 heteroatoms. The zero-order valence-electron chi connectivity index (χ0n) is 17.1. The Hall–Kier alpha value is -2.66. The lowest BCUT2D eigenvalue weighted by Gasteiger charge is -2.57. The molecular formula is C20H24F2N6O2S. The quantitative estimate of drug-likeness (QED) is 0.659. The molecule has 2 aromatic rings. The number of alkyl halides is 2. The van der Waals surface area contributed by atoms with E-state index in [1.807, 2.05) is 6.07 Å². The summed E-state index contributed by atoms with van der Waals surface area (Å²) < 4.78 is 50.0. The van der Waals surface area contributed by atoms with E-state index in [2.05, 4.69) is 19.9 Å². The van der Waals surface area contributed by atoms with E-state index in [-0.39, 0.29) is 5.54 Å². The summed E-state index contributed by atoms with van der Waals surface area (Å²) in [5, 5.41) is 7.18. The van der Waals surface area contributed by atoms with Crippen molar-refractivity contribution in [3.05, 3.63) is 36.6 Å². The van der Waals surface area contributed by atoms with Crippen LogP contribution in [-0.4, -0.2) is 71.2 Å². The largest absolute Gasteiger partial charge is 0.364 e. The van der Waals surface area contributed by atoms with Gasteiger partial charge in [-0.1, -0.05) is 0 Å². The molecule has 2 aliphatic rings. The van der Waals surface area contributed by atoms with E-state index in [4.69, 9.17) is 5.41 Å². The fourth-order valence-corrected chi connectivity index (χ4v) is 5.07. The van der Waals surface area contributed by atoms with E-state index in [9.17, 15) is 17.2 Å². The lowest BCUT2D eigenvalue weighted by Crippen LogP contribution is -2.64. The smallest absolute Gasteiger partial charge is 0.279 e. The lowest BCUT2D eigenvalue weighted by molar-refractivity contribution is 0.164. The highest BCUT2D eigenvalue weighted by Crippen LogP contribution is 2.43. The number of hydrogen-bond donors (Lipinski definition) is 2. The first-order valence-corrected chi connectivity index (χ1v) is 11.8. The van der Waals surface area contributed by atoms with Crippen molar-refractivity contribution >= 4 is 27.5 Å². The molecule has 0 aromatic carbocycles. The molecule has 4 rings (SSSR count). The Morgan fingerprint density at radius 2 is 1.94 bits per heavy atom. The second-order valence-electron chi connectivity index (χ2n) is 7.99. The van der Waals surface area contributed by atoms with Gasteiger partial charge < -0.3 is 9.88 Å². The maximum absolute atomic E-state index is 12.4. The third-order valence-corrected chi connectivity index (χ3v) is 7.40. The van der Waals surface area contributed by atoms with E-state index in [0.717, 1.165) is 43.1 Å². The van der Waals surface area contributed by atoms with Crippen molar-refractivity contribution in [2.75, 3.05) is 30.8 Å². The number of aromatic amines is 1. The van der Waals surface area contributed by atoms with Crippen molar-refractivity contribution in [1.29, 1.82) is 5.41 Å². The standard InChI is InChI=1S/C20H24F2N6O2S/c1-31(29,30)27-7-4-20(5-8-27)6-9-28(20)15-10-14(11-24-12-15)17-13-25-18(26-17)3-2-16(23)19(21)22/h2-3,10-13,19,23H,4-9H2,1H3,(H,25,26)/b3-2-,23-16?. The average Bonchev–Trinajstić information content (AvgIpc) is 3.20. The highest BCUT2D eigenvalue weighted by atomic mass is 32.2. The lowest BCUT2D eigenvalue weighted by atomic mass is 9.76. The predicted molar refractivity (Wildman–Crippen MR) is 115 cm³/mol. The molecule has 2 aromatic heterocycles. The van der Waals surface area contributed by atoms with E-state index < -0.39 is 22.2 Å². The number of rotatable bonds is 6. The molecule has 31 heavy (non-hydrogen) atoms. The zero-order chi connectivity index (χ0) is 22.2. The molecule has 4 heterocycles. The molecule has 0 aliphatic carbocycles. The minimum absolute atomic E-state index is 0.0426. The van der Waals surface area contributed by atoms with Crippen LogP contribution in [0.2, 0.25) is 0 Å². The zero-order valence-corrected chi connectivity index (χ0v) is 17.9. The number of nitrogens with one attached hydrogen (secondary N) is 2. The first-order valence-electron chi connectivity index (χ1n) is 9.96. The number of sulfonamides is 1. The highest BCUT2D eigenvalue weighted by Gasteiger charge is 2.47. The van der Waals surface area contributed by atoms with Gasteiger partial charge in [0.25, 0.3) is 6.43 Å². The molecule has 1 spiro atoms. The van der Waals surface area contributed by atoms with Gasteiger partial charge in [-0.3, -0.25) is 10.4 Å². The first-order chi connectivity index (χ1) is 14.7. The number of imidazole rings is 1. The van der Waals surface area contributed by atoms with Gasteiger partial charge in [0.2, 0.25) is 10.0 Å². The fourth-order valence-electron chi connectivity index (χ4n) is 4.23. The summed E-state index contributed by atoms with van der Waals surface area (Å²) >= 11 is 0. The summed E-state index contributed by atoms with van der Waals surface area (Å²) in [6.45, 7) is 1.93. The van der Waals surface area contributed by atoms with Gasteiger partial charge in [-0.25, -0.2) is 26.5 Å². The SMILES string of the molecule is CS(=O)(=O)N1CCC2(CCN2c2cncc(-c3cnc(/C=C\C(=N)C(F)F)[nH]3)c2)CC1. The van der Waals surface area contributed by atoms with Crippen molar-refractivity contribution in [1.82, 2.24) is 19.3 Å². The summed E-state index contributed by atoms with van der Waals surface area (Å²) in [7, 11) is -3.17. The number of nitrogens with zero attached hydrogens (tertiary/aromatic N) is 4. The van der Waals surface area contributed by atoms with E-state index in [0.29, 0.717) is 24.6 Å². The Morgan fingerprint density at radius 1 is 1.23 bits per heavy atom. The molecule has 0 saturated carbocycles. The average molecular weight is 451 g/mol. The maximum atomic E-state index is 12.4. The van der Waals surface area contributed by atoms with Crippen molar-refractivity contribution in [2.45, 2.75) is 31.2 Å². The molecule has 8 nitrogen and oxygen atoms in total. The Kier molecular flexibility index (Phi) is 5.65. The molecule has 2 aliphatic heterocycles. The van der Waals surface area contributed by atoms with Crippen LogP contribution in [0.15, 0.2) is 30.7 Å². The van der Waals surface area contributed by atoms with Gasteiger partial charge in [-0.2, -0.15) is 0 Å². The van der Waals surface area contributed by atoms with Gasteiger partial charge >= 0.3 is 0 Å². The van der Waals surface area contributed by atoms with Gasteiger partial charge in [0.15, 0.2) is 0 Å². The molecular weight excluding hydrogens is 426 g/mol. The third kappa shape index (κ3) is 4.38. The van der Waals surface area contributed by atoms with Gasteiger partial charge in [0, 0.05) is 36.9 Å². The van der Waals surface area contributed by atoms with Crippen LogP contribution >= 0.6 is 0 Å². The Morgan fingerprint density at radius 3 is 2.55 bits per heavy atom. The number of halogens is 2. The third-order valence-electron chi connectivity index (χ3n) is 6.09. The first kappa shape index (κ1) is 21.6. The van der Waals surface area contributed by atoms with E-state index in [1.54, 1.807) is 18.6 Å². The number of pyridine rings is 1. The molecule has 0 atom stereocenters. The minimum Gasteiger partial charge on any atom is -0.364 e. The topological polar surface area (TPSA) is 106 Å². The normalized spacial score (nSPS) is 19.3. The molecule has 0 radical (unpaired) electrons. The maximum Gasteiger partial charge on any atom is 0.279 e. The number of anilines is 1. The van der Waals surface area contributed by atoms with E-state index in [1.165, 1.54) is 16.6 Å². The Balaban J connectivity index is 1.49. The molecule has 0 bridgehead atoms. The van der Waals surface area contributed by atoms with Crippen LogP contribution in [0.5, 0.6) is 0 Å². The van der Waals surface area contributed by atoms with Crippen LogP contribution in [0.4, 0.5) is 14.5 Å². The summed E-state index contributed by atoms with van der Waals surface area (Å²) in [5.74, 6) is 0.374. The summed E-state index contributed by atoms with van der Waals surface area (Å²) in [4.78, 5) is 13.9. The fraction of sp³-hybridized carbons (Fsp3) is 0.450. The van der Waals surface area contributed by atoms with Crippen LogP contribution < -0.4 is 4.90 Å². The minimum atomic E-state index is -3.17. The van der Waals surface area contributed by atoms with Crippen molar-refractivity contribution in [2.24, 2.45) is 0 Å². The summed E-state index contributed by atoms with van der Waals surface area (Å²) in [6.07, 6.45) is 8.47. The predicted octanol–water partition coefficient (Wildman–Crippen LogP) is 2.77. The van der Waals surface area contributed by atoms with Crippen LogP contribution in [0, 0.1) is 5.41 Å². The summed E-state index contributed by atoms with van der Waals surface area (Å²) in [6, 6.07) is 2.00. The number of H-pyrrole nitrogens is 1. The second kappa shape index (κ2) is 8.12. The molecule has 166 valence electrons. The Labute approximate surface area is 179 Å². The van der Waals surface area contributed by atoms with E-state index >= 15 is 0 Å². The summed E-state index contributed by atoms with van der Waals surface area (Å²) in [5.41, 5.74) is 1.65. The number of aromatic nitrogens is 3. The van der Waals surface area contributed by atoms with Crippen LogP contribution in [0.25, 0.3) is 17.3 Å². The van der Waals surface area contributed by atoms with Crippen molar-refractivity contribution in [3.8, 4) is 11.3 Å². The van der Waals surface area contributed by atoms with Crippen LogP contribution in [0.1, 0.15) is 25.1 Å². The number of hydrogen-bond acceptors (Lipinski definition) is 6. The van der Waals surface area contributed by atoms with Crippen molar-refractivity contribution < 1.29 is 17.2 Å². The van der Waals surface area contributed by atoms with Gasteiger partial charge in [-0.05, 0) is 37.5 Å². The number of piperidine rings is 1.